The lowest BCUT2D eigenvalue weighted by molar-refractivity contribution is -0.146. The summed E-state index contributed by atoms with van der Waals surface area (Å²) in [4.78, 5) is 23.0. The third-order valence-electron chi connectivity index (χ3n) is 3.42. The first-order valence-electron chi connectivity index (χ1n) is 6.96. The Morgan fingerprint density at radius 2 is 1.78 bits per heavy atom. The monoisotopic (exact) mass is 335 g/mol. The molecular formula is C14H20F3N3O3. The molecule has 1 aromatic rings. The first-order valence-corrected chi connectivity index (χ1v) is 6.96. The Morgan fingerprint density at radius 1 is 1.26 bits per heavy atom. The predicted octanol–water partition coefficient (Wildman–Crippen LogP) is 2.50. The number of nitrogens with zero attached hydrogens (tertiary/aromatic N) is 2. The number of carboxylic acid groups (broad SMARTS) is 1. The number of hydrogen-bond acceptors (Lipinski definition) is 3. The van der Waals surface area contributed by atoms with Crippen LogP contribution in [0.25, 0.3) is 0 Å². The molecule has 0 aliphatic rings. The van der Waals surface area contributed by atoms with Crippen LogP contribution in [0.2, 0.25) is 0 Å². The largest absolute Gasteiger partial charge is 0.481 e. The Hall–Kier alpha value is -2.06. The summed E-state index contributed by atoms with van der Waals surface area (Å²) in [5.41, 5.74) is -2.75. The number of carbonyl (C=O) groups excluding carboxylic acids is 1. The summed E-state index contributed by atoms with van der Waals surface area (Å²) in [7, 11) is 0. The van der Waals surface area contributed by atoms with Crippen LogP contribution in [0.5, 0.6) is 0 Å². The van der Waals surface area contributed by atoms with Crippen LogP contribution in [0.3, 0.4) is 0 Å². The van der Waals surface area contributed by atoms with Crippen molar-refractivity contribution >= 4 is 11.9 Å². The van der Waals surface area contributed by atoms with Crippen LogP contribution in [0, 0.1) is 5.92 Å². The first-order chi connectivity index (χ1) is 10.3. The van der Waals surface area contributed by atoms with Crippen molar-refractivity contribution in [2.45, 2.75) is 52.4 Å². The van der Waals surface area contributed by atoms with Crippen molar-refractivity contribution in [1.82, 2.24) is 15.1 Å². The van der Waals surface area contributed by atoms with Gasteiger partial charge in [-0.05, 0) is 34.6 Å². The molecule has 6 nitrogen and oxygen atoms in total. The van der Waals surface area contributed by atoms with E-state index in [9.17, 15) is 22.8 Å². The van der Waals surface area contributed by atoms with Crippen molar-refractivity contribution in [2.75, 3.05) is 0 Å². The van der Waals surface area contributed by atoms with Gasteiger partial charge < -0.3 is 10.4 Å². The molecule has 0 saturated carbocycles. The van der Waals surface area contributed by atoms with Crippen molar-refractivity contribution in [3.05, 3.63) is 17.5 Å². The van der Waals surface area contributed by atoms with Gasteiger partial charge in [-0.15, -0.1) is 0 Å². The number of nitrogens with one attached hydrogen (secondary N) is 1. The zero-order valence-corrected chi connectivity index (χ0v) is 13.5. The van der Waals surface area contributed by atoms with Gasteiger partial charge in [0.15, 0.2) is 5.69 Å². The van der Waals surface area contributed by atoms with Crippen LogP contribution >= 0.6 is 0 Å². The number of aromatic nitrogens is 2. The molecular weight excluding hydrogens is 315 g/mol. The van der Waals surface area contributed by atoms with E-state index in [1.165, 1.54) is 34.6 Å². The summed E-state index contributed by atoms with van der Waals surface area (Å²) < 4.78 is 40.7. The lowest BCUT2D eigenvalue weighted by atomic mass is 10.0. The van der Waals surface area contributed by atoms with E-state index in [1.54, 1.807) is 0 Å². The zero-order chi connectivity index (χ0) is 18.2. The maximum Gasteiger partial charge on any atom is 0.433 e. The highest BCUT2D eigenvalue weighted by atomic mass is 19.4. The summed E-state index contributed by atoms with van der Waals surface area (Å²) in [6.07, 6.45) is -3.92. The van der Waals surface area contributed by atoms with Crippen molar-refractivity contribution in [3.8, 4) is 0 Å². The van der Waals surface area contributed by atoms with E-state index >= 15 is 0 Å². The zero-order valence-electron chi connectivity index (χ0n) is 13.5. The van der Waals surface area contributed by atoms with Crippen molar-refractivity contribution < 1.29 is 27.9 Å². The van der Waals surface area contributed by atoms with Gasteiger partial charge in [0.05, 0.1) is 23.2 Å². The molecule has 2 unspecified atom stereocenters. The molecule has 2 N–H and O–H groups in total. The molecule has 9 heteroatoms. The standard InChI is InChI=1S/C14H20F3N3O3/c1-7(12(22)23)8(2)19-11(21)9-6-18-20(13(3,4)5)10(9)14(15,16)17/h6-8H,1-5H3,(H,19,21)(H,22,23). The third kappa shape index (κ3) is 4.23. The van der Waals surface area contributed by atoms with Crippen molar-refractivity contribution in [2.24, 2.45) is 5.92 Å². The number of carboxylic acids is 1. The summed E-state index contributed by atoms with van der Waals surface area (Å²) >= 11 is 0. The molecule has 0 bridgehead atoms. The maximum absolute atomic E-state index is 13.3. The smallest absolute Gasteiger partial charge is 0.433 e. The Kier molecular flexibility index (Phi) is 5.13. The van der Waals surface area contributed by atoms with Gasteiger partial charge in [0, 0.05) is 6.04 Å². The second-order valence-electron chi connectivity index (χ2n) is 6.38. The van der Waals surface area contributed by atoms with E-state index in [4.69, 9.17) is 5.11 Å². The predicted molar refractivity (Wildman–Crippen MR) is 76.0 cm³/mol. The van der Waals surface area contributed by atoms with Crippen LogP contribution in [0.15, 0.2) is 6.20 Å². The summed E-state index contributed by atoms with van der Waals surface area (Å²) in [5.74, 6) is -3.10. The number of hydrogen-bond donors (Lipinski definition) is 2. The number of aliphatic carboxylic acids is 1. The van der Waals surface area contributed by atoms with E-state index in [-0.39, 0.29) is 0 Å². The number of rotatable bonds is 4. The van der Waals surface area contributed by atoms with E-state index < -0.39 is 46.8 Å². The summed E-state index contributed by atoms with van der Waals surface area (Å²) in [6, 6.07) is -0.834. The van der Waals surface area contributed by atoms with Crippen LogP contribution < -0.4 is 5.32 Å². The van der Waals surface area contributed by atoms with Crippen LogP contribution in [-0.2, 0) is 16.5 Å². The lowest BCUT2D eigenvalue weighted by Crippen LogP contribution is -2.41. The van der Waals surface area contributed by atoms with Gasteiger partial charge in [-0.1, -0.05) is 0 Å². The fourth-order valence-electron chi connectivity index (χ4n) is 1.92. The first kappa shape index (κ1) is 19.0. The molecule has 1 amide bonds. The molecule has 1 heterocycles. The molecule has 0 saturated heterocycles. The topological polar surface area (TPSA) is 84.2 Å². The second kappa shape index (κ2) is 6.21. The molecule has 0 spiro atoms. The minimum atomic E-state index is -4.77. The van der Waals surface area contributed by atoms with Gasteiger partial charge >= 0.3 is 12.1 Å². The molecule has 23 heavy (non-hydrogen) atoms. The van der Waals surface area contributed by atoms with Gasteiger partial charge in [-0.2, -0.15) is 18.3 Å². The normalized spacial score (nSPS) is 15.1. The maximum atomic E-state index is 13.3. The van der Waals surface area contributed by atoms with E-state index in [0.29, 0.717) is 0 Å². The minimum Gasteiger partial charge on any atom is -0.481 e. The molecule has 0 fully saturated rings. The Morgan fingerprint density at radius 3 is 2.17 bits per heavy atom. The number of amides is 1. The quantitative estimate of drug-likeness (QED) is 0.885. The van der Waals surface area contributed by atoms with Crippen molar-refractivity contribution in [3.63, 3.8) is 0 Å². The third-order valence-corrected chi connectivity index (χ3v) is 3.42. The summed E-state index contributed by atoms with van der Waals surface area (Å²) in [6.45, 7) is 7.37. The highest BCUT2D eigenvalue weighted by Crippen LogP contribution is 2.34. The van der Waals surface area contributed by atoms with E-state index in [2.05, 4.69) is 10.4 Å². The fraction of sp³-hybridized carbons (Fsp3) is 0.643. The molecule has 0 aliphatic carbocycles. The minimum absolute atomic E-state index is 0.628. The van der Waals surface area contributed by atoms with E-state index in [1.807, 2.05) is 0 Å². The van der Waals surface area contributed by atoms with E-state index in [0.717, 1.165) is 10.9 Å². The molecule has 0 aromatic carbocycles. The molecule has 0 aliphatic heterocycles. The number of halogens is 3. The number of carbonyl (C=O) groups is 2. The molecule has 1 rings (SSSR count). The molecule has 130 valence electrons. The average molecular weight is 335 g/mol. The Labute approximate surface area is 131 Å². The van der Waals surface area contributed by atoms with Gasteiger partial charge in [0.1, 0.15) is 0 Å². The van der Waals surface area contributed by atoms with Gasteiger partial charge in [0.2, 0.25) is 0 Å². The molecule has 1 aromatic heterocycles. The average Bonchev–Trinajstić information content (AvgIpc) is 2.81. The van der Waals surface area contributed by atoms with Crippen LogP contribution in [-0.4, -0.2) is 32.8 Å². The number of alkyl halides is 3. The van der Waals surface area contributed by atoms with Crippen molar-refractivity contribution in [1.29, 1.82) is 0 Å². The van der Waals surface area contributed by atoms with Gasteiger partial charge in [-0.25, -0.2) is 0 Å². The SMILES string of the molecule is CC(NC(=O)c1cnn(C(C)(C)C)c1C(F)(F)F)C(C)C(=O)O. The Balaban J connectivity index is 3.21. The van der Waals surface area contributed by atoms with Gasteiger partial charge in [-0.3, -0.25) is 14.3 Å². The molecule has 2 atom stereocenters. The highest BCUT2D eigenvalue weighted by molar-refractivity contribution is 5.95. The highest BCUT2D eigenvalue weighted by Gasteiger charge is 2.42. The second-order valence-corrected chi connectivity index (χ2v) is 6.38. The molecule has 0 radical (unpaired) electrons. The fourth-order valence-corrected chi connectivity index (χ4v) is 1.92. The van der Waals surface area contributed by atoms with Gasteiger partial charge in [0.25, 0.3) is 5.91 Å². The summed E-state index contributed by atoms with van der Waals surface area (Å²) in [5, 5.41) is 14.8. The van der Waals surface area contributed by atoms with Crippen LogP contribution in [0.1, 0.15) is 50.7 Å². The Bertz CT molecular complexity index is 603. The lowest BCUT2D eigenvalue weighted by Gasteiger charge is -2.24. The van der Waals surface area contributed by atoms with Crippen LogP contribution in [0.4, 0.5) is 13.2 Å².